The molecule has 4 aromatic rings. The summed E-state index contributed by atoms with van der Waals surface area (Å²) >= 11 is 0. The number of rotatable bonds is 2. The lowest BCUT2D eigenvalue weighted by atomic mass is 9.99. The molecule has 1 aromatic carbocycles. The fraction of sp³-hybridized carbons (Fsp3) is 0.0556. The molecule has 25 heavy (non-hydrogen) atoms. The van der Waals surface area contributed by atoms with Gasteiger partial charge >= 0.3 is 6.18 Å². The van der Waals surface area contributed by atoms with E-state index in [1.165, 1.54) is 12.4 Å². The summed E-state index contributed by atoms with van der Waals surface area (Å²) < 4.78 is 40.6. The van der Waals surface area contributed by atoms with Crippen LogP contribution in [0.3, 0.4) is 0 Å². The Kier molecular flexibility index (Phi) is 3.49. The summed E-state index contributed by atoms with van der Waals surface area (Å²) in [4.78, 5) is 8.44. The van der Waals surface area contributed by atoms with Gasteiger partial charge < -0.3 is 0 Å². The van der Waals surface area contributed by atoms with Crippen molar-refractivity contribution < 1.29 is 13.2 Å². The van der Waals surface area contributed by atoms with Crippen molar-refractivity contribution in [2.75, 3.05) is 0 Å². The second kappa shape index (κ2) is 5.70. The number of hydrogen-bond acceptors (Lipinski definition) is 3. The molecule has 4 nitrogen and oxygen atoms in total. The average molecular weight is 340 g/mol. The van der Waals surface area contributed by atoms with Crippen molar-refractivity contribution >= 4 is 5.65 Å². The van der Waals surface area contributed by atoms with Crippen LogP contribution < -0.4 is 0 Å². The Balaban J connectivity index is 1.87. The molecule has 0 radical (unpaired) electrons. The molecule has 0 spiro atoms. The van der Waals surface area contributed by atoms with Crippen molar-refractivity contribution in [2.45, 2.75) is 6.18 Å². The summed E-state index contributed by atoms with van der Waals surface area (Å²) in [7, 11) is 0. The van der Waals surface area contributed by atoms with Gasteiger partial charge in [0.1, 0.15) is 6.33 Å². The number of alkyl halides is 3. The molecule has 0 saturated carbocycles. The number of benzene rings is 1. The first-order valence-corrected chi connectivity index (χ1v) is 7.45. The Labute approximate surface area is 140 Å². The monoisotopic (exact) mass is 340 g/mol. The summed E-state index contributed by atoms with van der Waals surface area (Å²) in [6, 6.07) is 12.4. The Bertz CT molecular complexity index is 1050. The quantitative estimate of drug-likeness (QED) is 0.540. The largest absolute Gasteiger partial charge is 0.416 e. The van der Waals surface area contributed by atoms with Crippen LogP contribution >= 0.6 is 0 Å². The van der Waals surface area contributed by atoms with Gasteiger partial charge in [0.15, 0.2) is 5.65 Å². The van der Waals surface area contributed by atoms with Gasteiger partial charge in [0.05, 0.1) is 11.3 Å². The smallest absolute Gasteiger partial charge is 0.256 e. The molecule has 124 valence electrons. The fourth-order valence-electron chi connectivity index (χ4n) is 2.69. The predicted octanol–water partition coefficient (Wildman–Crippen LogP) is 4.48. The first-order chi connectivity index (χ1) is 12.0. The maximum atomic E-state index is 13.0. The van der Waals surface area contributed by atoms with Crippen LogP contribution in [0.4, 0.5) is 13.2 Å². The van der Waals surface area contributed by atoms with Crippen LogP contribution in [0.1, 0.15) is 5.56 Å². The van der Waals surface area contributed by atoms with Gasteiger partial charge in [0.25, 0.3) is 0 Å². The van der Waals surface area contributed by atoms with Crippen LogP contribution in [0.15, 0.2) is 67.3 Å². The van der Waals surface area contributed by atoms with Crippen LogP contribution in [-0.4, -0.2) is 19.6 Å². The van der Waals surface area contributed by atoms with Gasteiger partial charge in [-0.2, -0.15) is 18.3 Å². The number of pyridine rings is 2. The standard InChI is InChI=1S/C18H11F3N4/c19-18(20,21)14-4-1-3-13(9-14)17-15(5-2-7-22-17)12-6-8-25-16(10-12)23-11-24-25/h1-11H. The summed E-state index contributed by atoms with van der Waals surface area (Å²) in [5, 5.41) is 4.04. The van der Waals surface area contributed by atoms with Crippen LogP contribution in [0.2, 0.25) is 0 Å². The summed E-state index contributed by atoms with van der Waals surface area (Å²) in [5.41, 5.74) is 2.38. The highest BCUT2D eigenvalue weighted by atomic mass is 19.4. The highest BCUT2D eigenvalue weighted by Gasteiger charge is 2.30. The summed E-state index contributed by atoms with van der Waals surface area (Å²) in [6.45, 7) is 0. The van der Waals surface area contributed by atoms with Crippen molar-refractivity contribution in [3.05, 3.63) is 72.8 Å². The molecule has 3 aromatic heterocycles. The minimum absolute atomic E-state index is 0.409. The second-order valence-electron chi connectivity index (χ2n) is 5.46. The van der Waals surface area contributed by atoms with E-state index in [2.05, 4.69) is 15.1 Å². The molecule has 0 saturated heterocycles. The molecular formula is C18H11F3N4. The van der Waals surface area contributed by atoms with Crippen LogP contribution in [0.5, 0.6) is 0 Å². The third-order valence-corrected chi connectivity index (χ3v) is 3.86. The number of fused-ring (bicyclic) bond motifs is 1. The Morgan fingerprint density at radius 3 is 2.60 bits per heavy atom. The van der Waals surface area contributed by atoms with Crippen molar-refractivity contribution in [1.29, 1.82) is 0 Å². The third-order valence-electron chi connectivity index (χ3n) is 3.86. The molecule has 0 fully saturated rings. The van der Waals surface area contributed by atoms with E-state index < -0.39 is 11.7 Å². The highest BCUT2D eigenvalue weighted by Crippen LogP contribution is 2.35. The number of hydrogen-bond donors (Lipinski definition) is 0. The zero-order valence-electron chi connectivity index (χ0n) is 12.8. The van der Waals surface area contributed by atoms with E-state index >= 15 is 0 Å². The van der Waals surface area contributed by atoms with Gasteiger partial charge in [-0.1, -0.05) is 18.2 Å². The molecule has 0 aliphatic carbocycles. The van der Waals surface area contributed by atoms with E-state index in [0.717, 1.165) is 23.3 Å². The van der Waals surface area contributed by atoms with Crippen LogP contribution in [0, 0.1) is 0 Å². The maximum absolute atomic E-state index is 13.0. The molecule has 3 heterocycles. The Morgan fingerprint density at radius 2 is 1.76 bits per heavy atom. The maximum Gasteiger partial charge on any atom is 0.416 e. The summed E-state index contributed by atoms with van der Waals surface area (Å²) in [5.74, 6) is 0. The molecule has 0 amide bonds. The zero-order chi connectivity index (χ0) is 17.4. The lowest BCUT2D eigenvalue weighted by Crippen LogP contribution is -2.04. The molecule has 0 bridgehead atoms. The van der Waals surface area contributed by atoms with E-state index in [1.54, 1.807) is 29.0 Å². The molecule has 0 aliphatic heterocycles. The summed E-state index contributed by atoms with van der Waals surface area (Å²) in [6.07, 6.45) is 0.358. The van der Waals surface area contributed by atoms with E-state index in [0.29, 0.717) is 16.9 Å². The zero-order valence-corrected chi connectivity index (χ0v) is 12.8. The molecule has 0 N–H and O–H groups in total. The van der Waals surface area contributed by atoms with E-state index in [1.807, 2.05) is 18.2 Å². The fourth-order valence-corrected chi connectivity index (χ4v) is 2.69. The van der Waals surface area contributed by atoms with Gasteiger partial charge in [0.2, 0.25) is 0 Å². The number of nitrogens with zero attached hydrogens (tertiary/aromatic N) is 4. The lowest BCUT2D eigenvalue weighted by Gasteiger charge is -2.12. The van der Waals surface area contributed by atoms with Crippen molar-refractivity contribution in [3.8, 4) is 22.4 Å². The first kappa shape index (κ1) is 15.3. The van der Waals surface area contributed by atoms with Gasteiger partial charge in [-0.15, -0.1) is 0 Å². The van der Waals surface area contributed by atoms with Gasteiger partial charge in [-0.05, 0) is 35.9 Å². The first-order valence-electron chi connectivity index (χ1n) is 7.45. The SMILES string of the molecule is FC(F)(F)c1cccc(-c2ncccc2-c2ccn3ncnc3c2)c1. The lowest BCUT2D eigenvalue weighted by molar-refractivity contribution is -0.137. The molecule has 0 atom stereocenters. The molecule has 4 rings (SSSR count). The van der Waals surface area contributed by atoms with E-state index in [9.17, 15) is 13.2 Å². The van der Waals surface area contributed by atoms with E-state index in [-0.39, 0.29) is 0 Å². The molecule has 0 unspecified atom stereocenters. The Hall–Kier alpha value is -3.22. The minimum atomic E-state index is -4.40. The van der Waals surface area contributed by atoms with Crippen LogP contribution in [-0.2, 0) is 6.18 Å². The van der Waals surface area contributed by atoms with E-state index in [4.69, 9.17) is 0 Å². The van der Waals surface area contributed by atoms with Gasteiger partial charge in [0, 0.05) is 23.5 Å². The predicted molar refractivity (Wildman–Crippen MR) is 86.7 cm³/mol. The third kappa shape index (κ3) is 2.84. The van der Waals surface area contributed by atoms with Crippen molar-refractivity contribution in [2.24, 2.45) is 0 Å². The average Bonchev–Trinajstić information content (AvgIpc) is 3.09. The molecule has 0 aliphatic rings. The molecular weight excluding hydrogens is 329 g/mol. The second-order valence-corrected chi connectivity index (χ2v) is 5.46. The molecule has 7 heteroatoms. The van der Waals surface area contributed by atoms with Gasteiger partial charge in [-0.3, -0.25) is 4.98 Å². The minimum Gasteiger partial charge on any atom is -0.256 e. The highest BCUT2D eigenvalue weighted by molar-refractivity contribution is 5.81. The Morgan fingerprint density at radius 1 is 0.880 bits per heavy atom. The number of aromatic nitrogens is 4. The van der Waals surface area contributed by atoms with Crippen LogP contribution in [0.25, 0.3) is 28.0 Å². The van der Waals surface area contributed by atoms with Crippen molar-refractivity contribution in [3.63, 3.8) is 0 Å². The number of halogens is 3. The topological polar surface area (TPSA) is 43.1 Å². The van der Waals surface area contributed by atoms with Crippen molar-refractivity contribution in [1.82, 2.24) is 19.6 Å². The van der Waals surface area contributed by atoms with Gasteiger partial charge in [-0.25, -0.2) is 9.50 Å². The normalized spacial score (nSPS) is 11.8.